The van der Waals surface area contributed by atoms with E-state index in [1.807, 2.05) is 61.5 Å². The van der Waals surface area contributed by atoms with Crippen molar-refractivity contribution in [2.45, 2.75) is 19.6 Å². The van der Waals surface area contributed by atoms with Crippen LogP contribution in [0.15, 0.2) is 96.5 Å². The third-order valence-electron chi connectivity index (χ3n) is 5.59. The van der Waals surface area contributed by atoms with Gasteiger partial charge in [-0.15, -0.1) is 0 Å². The molecule has 1 aliphatic heterocycles. The number of fused-ring (bicyclic) bond motifs is 1. The van der Waals surface area contributed by atoms with Gasteiger partial charge in [-0.2, -0.15) is 10.1 Å². The van der Waals surface area contributed by atoms with Crippen LogP contribution in [0.5, 0.6) is 5.75 Å². The zero-order chi connectivity index (χ0) is 23.5. The molecular weight excluding hydrogens is 433 g/mol. The normalized spacial score (nSPS) is 14.8. The highest BCUT2D eigenvalue weighted by Gasteiger charge is 2.33. The van der Waals surface area contributed by atoms with Crippen molar-refractivity contribution >= 4 is 17.5 Å². The smallest absolute Gasteiger partial charge is 0.255 e. The Morgan fingerprint density at radius 3 is 2.53 bits per heavy atom. The number of ether oxygens (including phenoxy) is 1. The van der Waals surface area contributed by atoms with Gasteiger partial charge < -0.3 is 15.4 Å². The van der Waals surface area contributed by atoms with Crippen molar-refractivity contribution in [1.82, 2.24) is 14.8 Å². The van der Waals surface area contributed by atoms with Gasteiger partial charge in [-0.1, -0.05) is 42.5 Å². The van der Waals surface area contributed by atoms with Crippen molar-refractivity contribution in [3.8, 4) is 5.75 Å². The molecule has 0 bridgehead atoms. The minimum absolute atomic E-state index is 0.223. The maximum Gasteiger partial charge on any atom is 0.255 e. The van der Waals surface area contributed by atoms with Crippen LogP contribution < -0.4 is 15.4 Å². The maximum absolute atomic E-state index is 13.3. The van der Waals surface area contributed by atoms with Crippen molar-refractivity contribution in [2.75, 3.05) is 10.6 Å². The number of allylic oxidation sites excluding steroid dienone is 1. The zero-order valence-electron chi connectivity index (χ0n) is 18.4. The molecule has 3 aromatic carbocycles. The van der Waals surface area contributed by atoms with Crippen molar-refractivity contribution in [1.29, 1.82) is 0 Å². The molecule has 2 heterocycles. The van der Waals surface area contributed by atoms with Gasteiger partial charge in [0.2, 0.25) is 5.95 Å². The summed E-state index contributed by atoms with van der Waals surface area (Å²) in [5.41, 5.74) is 3.69. The minimum atomic E-state index is -0.464. The van der Waals surface area contributed by atoms with E-state index >= 15 is 0 Å². The number of amides is 1. The minimum Gasteiger partial charge on any atom is -0.489 e. The average molecular weight is 455 g/mol. The summed E-state index contributed by atoms with van der Waals surface area (Å²) in [4.78, 5) is 17.6. The second-order valence-corrected chi connectivity index (χ2v) is 7.90. The number of rotatable bonds is 6. The molecule has 0 aliphatic carbocycles. The summed E-state index contributed by atoms with van der Waals surface area (Å²) in [6.45, 7) is 2.18. The van der Waals surface area contributed by atoms with Crippen LogP contribution in [0.1, 0.15) is 24.1 Å². The van der Waals surface area contributed by atoms with Gasteiger partial charge in [-0.05, 0) is 54.4 Å². The highest BCUT2D eigenvalue weighted by Crippen LogP contribution is 2.35. The number of hydrogen-bond donors (Lipinski definition) is 2. The first-order chi connectivity index (χ1) is 16.6. The van der Waals surface area contributed by atoms with Gasteiger partial charge in [0.05, 0.1) is 5.57 Å². The van der Waals surface area contributed by atoms with Crippen molar-refractivity contribution in [2.24, 2.45) is 0 Å². The lowest BCUT2D eigenvalue weighted by Crippen LogP contribution is -2.31. The summed E-state index contributed by atoms with van der Waals surface area (Å²) in [5.74, 6) is 0.726. The Labute approximate surface area is 195 Å². The third-order valence-corrected chi connectivity index (χ3v) is 5.59. The highest BCUT2D eigenvalue weighted by molar-refractivity contribution is 6.06. The molecule has 170 valence electrons. The molecule has 0 saturated heterocycles. The maximum atomic E-state index is 13.3. The van der Waals surface area contributed by atoms with Gasteiger partial charge in [0.1, 0.15) is 30.5 Å². The van der Waals surface area contributed by atoms with Crippen LogP contribution in [0.3, 0.4) is 0 Å². The molecule has 7 nitrogen and oxygen atoms in total. The second-order valence-electron chi connectivity index (χ2n) is 7.90. The number of nitrogens with one attached hydrogen (secondary N) is 2. The Balaban J connectivity index is 1.40. The molecule has 1 aromatic heterocycles. The van der Waals surface area contributed by atoms with Gasteiger partial charge in [-0.25, -0.2) is 9.07 Å². The number of halogens is 1. The van der Waals surface area contributed by atoms with Crippen LogP contribution in [0.25, 0.3) is 0 Å². The summed E-state index contributed by atoms with van der Waals surface area (Å²) in [7, 11) is 0. The largest absolute Gasteiger partial charge is 0.489 e. The van der Waals surface area contributed by atoms with Gasteiger partial charge >= 0.3 is 0 Å². The molecule has 0 fully saturated rings. The van der Waals surface area contributed by atoms with Gasteiger partial charge in [0, 0.05) is 11.4 Å². The number of para-hydroxylation sites is 1. The molecule has 4 aromatic rings. The first kappa shape index (κ1) is 21.4. The zero-order valence-corrected chi connectivity index (χ0v) is 18.4. The van der Waals surface area contributed by atoms with E-state index in [1.165, 1.54) is 18.5 Å². The van der Waals surface area contributed by atoms with Crippen molar-refractivity contribution in [3.05, 3.63) is 113 Å². The fourth-order valence-electron chi connectivity index (χ4n) is 3.91. The standard InChI is InChI=1S/C26H22FN5O2/c1-17-23(25(33)31-21-5-3-2-4-6-21)24(32-26(30-17)28-16-29-32)19-9-13-22(14-10-19)34-15-18-7-11-20(27)12-8-18/h2-14,16,24H,15H2,1H3,(H,31,33)(H,28,29,30)/t24-/m0/s1. The van der Waals surface area contributed by atoms with Crippen LogP contribution in [0.2, 0.25) is 0 Å². The van der Waals surface area contributed by atoms with Gasteiger partial charge in [0.15, 0.2) is 0 Å². The topological polar surface area (TPSA) is 81.1 Å². The second kappa shape index (κ2) is 9.19. The Bertz CT molecular complexity index is 1330. The van der Waals surface area contributed by atoms with Crippen LogP contribution in [0, 0.1) is 5.82 Å². The van der Waals surface area contributed by atoms with Crippen molar-refractivity contribution in [3.63, 3.8) is 0 Å². The number of benzene rings is 3. The summed E-state index contributed by atoms with van der Waals surface area (Å²) >= 11 is 0. The summed E-state index contributed by atoms with van der Waals surface area (Å²) in [6, 6.07) is 22.6. The number of carbonyl (C=O) groups excluding carboxylic acids is 1. The van der Waals surface area contributed by atoms with E-state index in [2.05, 4.69) is 20.7 Å². The van der Waals surface area contributed by atoms with Gasteiger partial charge in [-0.3, -0.25) is 4.79 Å². The molecule has 0 radical (unpaired) electrons. The van der Waals surface area contributed by atoms with Gasteiger partial charge in [0.25, 0.3) is 5.91 Å². The fourth-order valence-corrected chi connectivity index (χ4v) is 3.91. The molecule has 0 unspecified atom stereocenters. The molecule has 8 heteroatoms. The van der Waals surface area contributed by atoms with Crippen LogP contribution in [0.4, 0.5) is 16.0 Å². The number of hydrogen-bond acceptors (Lipinski definition) is 5. The first-order valence-corrected chi connectivity index (χ1v) is 10.8. The molecule has 5 rings (SSSR count). The quantitative estimate of drug-likeness (QED) is 0.431. The summed E-state index contributed by atoms with van der Waals surface area (Å²) in [6.07, 6.45) is 1.46. The molecule has 1 aliphatic rings. The SMILES string of the molecule is CC1=C(C(=O)Nc2ccccc2)[C@H](c2ccc(OCc3ccc(F)cc3)cc2)n2ncnc2N1. The fraction of sp³-hybridized carbons (Fsp3) is 0.115. The lowest BCUT2D eigenvalue weighted by atomic mass is 9.95. The number of nitrogens with zero attached hydrogens (tertiary/aromatic N) is 3. The molecule has 34 heavy (non-hydrogen) atoms. The van der Waals surface area contributed by atoms with E-state index in [4.69, 9.17) is 4.74 Å². The monoisotopic (exact) mass is 455 g/mol. The van der Waals surface area contributed by atoms with E-state index in [0.29, 0.717) is 35.3 Å². The first-order valence-electron chi connectivity index (χ1n) is 10.8. The lowest BCUT2D eigenvalue weighted by Gasteiger charge is -2.28. The molecule has 0 spiro atoms. The van der Waals surface area contributed by atoms with Crippen LogP contribution in [-0.2, 0) is 11.4 Å². The van der Waals surface area contributed by atoms with E-state index in [0.717, 1.165) is 11.1 Å². The molecular formula is C26H22FN5O2. The summed E-state index contributed by atoms with van der Waals surface area (Å²) < 4.78 is 20.6. The Morgan fingerprint density at radius 1 is 1.06 bits per heavy atom. The number of anilines is 2. The Kier molecular flexibility index (Phi) is 5.78. The number of aromatic nitrogens is 3. The predicted octanol–water partition coefficient (Wildman–Crippen LogP) is 4.92. The van der Waals surface area contributed by atoms with E-state index in [-0.39, 0.29) is 11.7 Å². The molecule has 2 N–H and O–H groups in total. The predicted molar refractivity (Wildman–Crippen MR) is 127 cm³/mol. The molecule has 1 amide bonds. The molecule has 1 atom stereocenters. The highest BCUT2D eigenvalue weighted by atomic mass is 19.1. The average Bonchev–Trinajstić information content (AvgIpc) is 3.32. The number of carbonyl (C=O) groups is 1. The van der Waals surface area contributed by atoms with Crippen LogP contribution in [-0.4, -0.2) is 20.7 Å². The van der Waals surface area contributed by atoms with E-state index < -0.39 is 6.04 Å². The third kappa shape index (κ3) is 4.38. The lowest BCUT2D eigenvalue weighted by molar-refractivity contribution is -0.113. The van der Waals surface area contributed by atoms with E-state index in [9.17, 15) is 9.18 Å². The van der Waals surface area contributed by atoms with E-state index in [1.54, 1.807) is 16.8 Å². The Morgan fingerprint density at radius 2 is 1.79 bits per heavy atom. The Hall–Kier alpha value is -4.46. The van der Waals surface area contributed by atoms with Crippen molar-refractivity contribution < 1.29 is 13.9 Å². The summed E-state index contributed by atoms with van der Waals surface area (Å²) in [5, 5.41) is 10.5. The van der Waals surface area contributed by atoms with Crippen LogP contribution >= 0.6 is 0 Å². The molecule has 0 saturated carbocycles.